The van der Waals surface area contributed by atoms with Crippen LogP contribution in [0.5, 0.6) is 0 Å². The van der Waals surface area contributed by atoms with Gasteiger partial charge in [0.15, 0.2) is 0 Å². The van der Waals surface area contributed by atoms with Gasteiger partial charge in [0.1, 0.15) is 5.76 Å². The van der Waals surface area contributed by atoms with Gasteiger partial charge in [-0.05, 0) is 31.4 Å². The second-order valence-corrected chi connectivity index (χ2v) is 3.95. The van der Waals surface area contributed by atoms with Gasteiger partial charge in [0.25, 0.3) is 5.91 Å². The Morgan fingerprint density at radius 1 is 1.12 bits per heavy atom. The number of benzene rings is 1. The molecule has 2 N–H and O–H groups in total. The molecule has 2 rings (SSSR count). The van der Waals surface area contributed by atoms with E-state index in [-0.39, 0.29) is 11.7 Å². The van der Waals surface area contributed by atoms with Gasteiger partial charge in [-0.25, -0.2) is 0 Å². The Morgan fingerprint density at radius 3 is 2.50 bits per heavy atom. The van der Waals surface area contributed by atoms with Crippen LogP contribution >= 0.6 is 0 Å². The molecule has 0 unspecified atom stereocenters. The summed E-state index contributed by atoms with van der Waals surface area (Å²) in [5.74, 6) is 0.0723. The molecule has 1 aliphatic rings. The van der Waals surface area contributed by atoms with Gasteiger partial charge < -0.3 is 10.4 Å². The highest BCUT2D eigenvalue weighted by Crippen LogP contribution is 2.23. The summed E-state index contributed by atoms with van der Waals surface area (Å²) in [5, 5.41) is 12.4. The molecule has 0 fully saturated rings. The number of aliphatic hydroxyl groups is 1. The fraction of sp³-hybridized carbons (Fsp3) is 0.308. The van der Waals surface area contributed by atoms with Crippen molar-refractivity contribution >= 4 is 11.6 Å². The van der Waals surface area contributed by atoms with Crippen LogP contribution < -0.4 is 5.32 Å². The maximum atomic E-state index is 11.8. The number of para-hydroxylation sites is 1. The van der Waals surface area contributed by atoms with E-state index in [9.17, 15) is 9.90 Å². The Balaban J connectivity index is 2.09. The molecule has 16 heavy (non-hydrogen) atoms. The molecule has 0 radical (unpaired) electrons. The summed E-state index contributed by atoms with van der Waals surface area (Å²) in [6, 6.07) is 9.29. The molecular formula is C13H15NO2. The third-order valence-corrected chi connectivity index (χ3v) is 2.74. The first-order valence-electron chi connectivity index (χ1n) is 5.55. The van der Waals surface area contributed by atoms with E-state index in [4.69, 9.17) is 0 Å². The molecule has 0 saturated heterocycles. The maximum absolute atomic E-state index is 11.8. The SMILES string of the molecule is O=C(Nc1ccccc1)C1=C(O)CCCC1. The third kappa shape index (κ3) is 2.42. The monoisotopic (exact) mass is 217 g/mol. The van der Waals surface area contributed by atoms with Gasteiger partial charge in [0.2, 0.25) is 0 Å². The van der Waals surface area contributed by atoms with E-state index >= 15 is 0 Å². The van der Waals surface area contributed by atoms with Gasteiger partial charge in [0, 0.05) is 12.1 Å². The highest BCUT2D eigenvalue weighted by atomic mass is 16.3. The molecule has 0 spiro atoms. The summed E-state index contributed by atoms with van der Waals surface area (Å²) in [5.41, 5.74) is 1.30. The average Bonchev–Trinajstić information content (AvgIpc) is 2.31. The Labute approximate surface area is 94.8 Å². The molecule has 1 aliphatic carbocycles. The van der Waals surface area contributed by atoms with Gasteiger partial charge >= 0.3 is 0 Å². The van der Waals surface area contributed by atoms with Crippen molar-refractivity contribution in [3.05, 3.63) is 41.7 Å². The summed E-state index contributed by atoms with van der Waals surface area (Å²) < 4.78 is 0. The lowest BCUT2D eigenvalue weighted by Gasteiger charge is -2.15. The van der Waals surface area contributed by atoms with Gasteiger partial charge in [0.05, 0.1) is 5.57 Å². The maximum Gasteiger partial charge on any atom is 0.254 e. The first kappa shape index (κ1) is 10.7. The molecule has 0 aliphatic heterocycles. The van der Waals surface area contributed by atoms with Crippen LogP contribution in [-0.2, 0) is 4.79 Å². The lowest BCUT2D eigenvalue weighted by atomic mass is 9.97. The predicted octanol–water partition coefficient (Wildman–Crippen LogP) is 3.01. The second kappa shape index (κ2) is 4.84. The smallest absolute Gasteiger partial charge is 0.254 e. The largest absolute Gasteiger partial charge is 0.512 e. The van der Waals surface area contributed by atoms with Crippen LogP contribution in [0.25, 0.3) is 0 Å². The highest BCUT2D eigenvalue weighted by molar-refractivity contribution is 6.04. The van der Waals surface area contributed by atoms with Crippen LogP contribution in [0.3, 0.4) is 0 Å². The van der Waals surface area contributed by atoms with Crippen molar-refractivity contribution in [2.45, 2.75) is 25.7 Å². The molecule has 84 valence electrons. The number of hydrogen-bond donors (Lipinski definition) is 2. The molecule has 1 aromatic carbocycles. The molecule has 0 saturated carbocycles. The minimum absolute atomic E-state index is 0.177. The summed E-state index contributed by atoms with van der Waals surface area (Å²) in [6.45, 7) is 0. The van der Waals surface area contributed by atoms with Crippen LogP contribution in [0.2, 0.25) is 0 Å². The molecular weight excluding hydrogens is 202 g/mol. The first-order valence-corrected chi connectivity index (χ1v) is 5.55. The minimum Gasteiger partial charge on any atom is -0.512 e. The number of allylic oxidation sites excluding steroid dienone is 1. The fourth-order valence-corrected chi connectivity index (χ4v) is 1.86. The molecule has 0 aromatic heterocycles. The van der Waals surface area contributed by atoms with Crippen LogP contribution in [0.4, 0.5) is 5.69 Å². The minimum atomic E-state index is -0.177. The van der Waals surface area contributed by atoms with Gasteiger partial charge in [-0.3, -0.25) is 4.79 Å². The lowest BCUT2D eigenvalue weighted by molar-refractivity contribution is -0.113. The molecule has 0 heterocycles. The lowest BCUT2D eigenvalue weighted by Crippen LogP contribution is -2.18. The van der Waals surface area contributed by atoms with E-state index in [1.807, 2.05) is 30.3 Å². The van der Waals surface area contributed by atoms with Crippen molar-refractivity contribution < 1.29 is 9.90 Å². The number of nitrogens with one attached hydrogen (secondary N) is 1. The second-order valence-electron chi connectivity index (χ2n) is 3.95. The van der Waals surface area contributed by atoms with E-state index in [0.717, 1.165) is 18.5 Å². The molecule has 1 aromatic rings. The predicted molar refractivity (Wildman–Crippen MR) is 63.2 cm³/mol. The fourth-order valence-electron chi connectivity index (χ4n) is 1.86. The van der Waals surface area contributed by atoms with E-state index in [2.05, 4.69) is 5.32 Å². The Morgan fingerprint density at radius 2 is 1.81 bits per heavy atom. The molecule has 3 heteroatoms. The van der Waals surface area contributed by atoms with Crippen molar-refractivity contribution in [1.82, 2.24) is 0 Å². The number of anilines is 1. The molecule has 0 atom stereocenters. The zero-order valence-corrected chi connectivity index (χ0v) is 9.07. The van der Waals surface area contributed by atoms with Gasteiger partial charge in [-0.2, -0.15) is 0 Å². The van der Waals surface area contributed by atoms with E-state index in [1.54, 1.807) is 0 Å². The number of carbonyl (C=O) groups excluding carboxylic acids is 1. The summed E-state index contributed by atoms with van der Waals surface area (Å²) in [4.78, 5) is 11.8. The zero-order valence-electron chi connectivity index (χ0n) is 9.07. The molecule has 0 bridgehead atoms. The number of carbonyl (C=O) groups is 1. The highest BCUT2D eigenvalue weighted by Gasteiger charge is 2.18. The molecule has 3 nitrogen and oxygen atoms in total. The topological polar surface area (TPSA) is 49.3 Å². The van der Waals surface area contributed by atoms with Gasteiger partial charge in [-0.1, -0.05) is 18.2 Å². The van der Waals surface area contributed by atoms with Crippen molar-refractivity contribution in [1.29, 1.82) is 0 Å². The Kier molecular flexibility index (Phi) is 3.25. The van der Waals surface area contributed by atoms with E-state index < -0.39 is 0 Å². The van der Waals surface area contributed by atoms with Crippen molar-refractivity contribution in [2.75, 3.05) is 5.32 Å². The summed E-state index contributed by atoms with van der Waals surface area (Å²) in [6.07, 6.45) is 3.23. The van der Waals surface area contributed by atoms with Crippen molar-refractivity contribution in [2.24, 2.45) is 0 Å². The van der Waals surface area contributed by atoms with Gasteiger partial charge in [-0.15, -0.1) is 0 Å². The van der Waals surface area contributed by atoms with E-state index in [1.165, 1.54) is 0 Å². The standard InChI is InChI=1S/C13H15NO2/c15-12-9-5-4-8-11(12)13(16)14-10-6-2-1-3-7-10/h1-3,6-7,15H,4-5,8-9H2,(H,14,16). The number of aliphatic hydroxyl groups excluding tert-OH is 1. The third-order valence-electron chi connectivity index (χ3n) is 2.74. The quantitative estimate of drug-likeness (QED) is 0.800. The molecule has 1 amide bonds. The van der Waals surface area contributed by atoms with Crippen LogP contribution in [0.1, 0.15) is 25.7 Å². The Hall–Kier alpha value is -1.77. The number of hydrogen-bond acceptors (Lipinski definition) is 2. The number of amides is 1. The summed E-state index contributed by atoms with van der Waals surface area (Å²) in [7, 11) is 0. The first-order chi connectivity index (χ1) is 7.77. The van der Waals surface area contributed by atoms with Crippen LogP contribution in [-0.4, -0.2) is 11.0 Å². The van der Waals surface area contributed by atoms with Crippen molar-refractivity contribution in [3.8, 4) is 0 Å². The van der Waals surface area contributed by atoms with Crippen LogP contribution in [0, 0.1) is 0 Å². The number of rotatable bonds is 2. The Bertz CT molecular complexity index is 409. The van der Waals surface area contributed by atoms with Crippen molar-refractivity contribution in [3.63, 3.8) is 0 Å². The van der Waals surface area contributed by atoms with E-state index in [0.29, 0.717) is 18.4 Å². The normalized spacial score (nSPS) is 16.0. The average molecular weight is 217 g/mol. The zero-order chi connectivity index (χ0) is 11.4. The van der Waals surface area contributed by atoms with Crippen LogP contribution in [0.15, 0.2) is 41.7 Å². The summed E-state index contributed by atoms with van der Waals surface area (Å²) >= 11 is 0.